The fraction of sp³-hybridized carbons (Fsp3) is 0.405. The Hall–Kier alpha value is -4.72. The Labute approximate surface area is 336 Å². The lowest BCUT2D eigenvalue weighted by Crippen LogP contribution is -2.44. The SMILES string of the molecule is Cc1ccc(C(O)NCC(=O)Nc2nc(-c3cccc(CCCCCNCCCc4ccc5c(c4)n(C)c(=O)n5C4CCC(=O)NC4=O)c3)cs2)cc1P(C)(C)=O. The van der Waals surface area contributed by atoms with Crippen molar-refractivity contribution in [2.24, 2.45) is 7.05 Å². The summed E-state index contributed by atoms with van der Waals surface area (Å²) in [5, 5.41) is 25.3. The van der Waals surface area contributed by atoms with Crippen molar-refractivity contribution in [3.8, 4) is 11.3 Å². The normalized spacial score (nSPS) is 15.2. The molecule has 13 nitrogen and oxygen atoms in total. The van der Waals surface area contributed by atoms with Crippen LogP contribution in [0.4, 0.5) is 5.13 Å². The third-order valence-corrected chi connectivity index (χ3v) is 12.8. The molecule has 57 heavy (non-hydrogen) atoms. The standard InChI is InChI=1S/C42H52N7O6PS/c1-27-14-16-31(24-36(27)56(3,4)55)39(52)44-25-38(51)47-41-45-32(26-57-41)30-13-8-11-28(22-30)10-6-5-7-20-43-21-9-12-29-15-17-33-35(23-29)48(2)42(54)49(33)34-18-19-37(50)46-40(34)53/h8,11,13-17,22-24,26,34,39,43-44,52H,5-7,9-10,12,18-21,25H2,1-4H3,(H,45,47,51)(H,46,50,53). The fourth-order valence-electron chi connectivity index (χ4n) is 7.29. The second-order valence-electron chi connectivity index (χ2n) is 15.1. The molecule has 1 aliphatic heterocycles. The molecule has 1 fully saturated rings. The zero-order valence-corrected chi connectivity index (χ0v) is 34.7. The van der Waals surface area contributed by atoms with Crippen molar-refractivity contribution in [2.75, 3.05) is 38.3 Å². The van der Waals surface area contributed by atoms with Crippen LogP contribution in [0.3, 0.4) is 0 Å². The number of rotatable bonds is 18. The van der Waals surface area contributed by atoms with Gasteiger partial charge in [0.1, 0.15) is 19.4 Å². The molecule has 302 valence electrons. The van der Waals surface area contributed by atoms with Gasteiger partial charge in [0.05, 0.1) is 23.3 Å². The monoisotopic (exact) mass is 813 g/mol. The number of aryl methyl sites for hydroxylation is 4. The van der Waals surface area contributed by atoms with Crippen LogP contribution in [-0.4, -0.2) is 69.9 Å². The molecule has 0 bridgehead atoms. The molecule has 5 N–H and O–H groups in total. The van der Waals surface area contributed by atoms with Crippen LogP contribution in [0.25, 0.3) is 22.3 Å². The maximum absolute atomic E-state index is 13.0. The number of aliphatic hydroxyl groups is 1. The number of benzene rings is 3. The number of hydrogen-bond acceptors (Lipinski definition) is 10. The third kappa shape index (κ3) is 10.6. The Kier molecular flexibility index (Phi) is 13.7. The van der Waals surface area contributed by atoms with Gasteiger partial charge in [-0.2, -0.15) is 0 Å². The largest absolute Gasteiger partial charge is 0.374 e. The minimum absolute atomic E-state index is 0.118. The molecule has 6 rings (SSSR count). The summed E-state index contributed by atoms with van der Waals surface area (Å²) in [5.74, 6) is -1.05. The highest BCUT2D eigenvalue weighted by Gasteiger charge is 2.31. The molecular weight excluding hydrogens is 762 g/mol. The number of unbranched alkanes of at least 4 members (excludes halogenated alkanes) is 2. The highest BCUT2D eigenvalue weighted by Crippen LogP contribution is 2.36. The van der Waals surface area contributed by atoms with Crippen LogP contribution >= 0.6 is 18.5 Å². The van der Waals surface area contributed by atoms with Crippen molar-refractivity contribution in [1.82, 2.24) is 30.1 Å². The maximum atomic E-state index is 13.0. The number of anilines is 1. The first-order valence-corrected chi connectivity index (χ1v) is 22.9. The summed E-state index contributed by atoms with van der Waals surface area (Å²) in [7, 11) is -0.794. The Morgan fingerprint density at radius 1 is 0.982 bits per heavy atom. The van der Waals surface area contributed by atoms with E-state index in [-0.39, 0.29) is 30.5 Å². The summed E-state index contributed by atoms with van der Waals surface area (Å²) in [6, 6.07) is 18.9. The number of hydrogen-bond donors (Lipinski definition) is 5. The summed E-state index contributed by atoms with van der Waals surface area (Å²) >= 11 is 1.35. The predicted octanol–water partition coefficient (Wildman–Crippen LogP) is 5.15. The molecule has 2 unspecified atom stereocenters. The Morgan fingerprint density at radius 3 is 2.54 bits per heavy atom. The Bertz CT molecular complexity index is 2360. The highest BCUT2D eigenvalue weighted by atomic mass is 32.1. The van der Waals surface area contributed by atoms with Crippen LogP contribution in [0.1, 0.15) is 73.0 Å². The number of nitrogens with zero attached hydrogens (tertiary/aromatic N) is 3. The molecule has 15 heteroatoms. The Balaban J connectivity index is 0.880. The number of aliphatic hydroxyl groups excluding tert-OH is 1. The molecular formula is C42H52N7O6PS. The van der Waals surface area contributed by atoms with Gasteiger partial charge in [0.15, 0.2) is 5.13 Å². The van der Waals surface area contributed by atoms with E-state index in [0.29, 0.717) is 27.9 Å². The van der Waals surface area contributed by atoms with Crippen LogP contribution in [0.15, 0.2) is 70.8 Å². The molecule has 0 aliphatic carbocycles. The number of imide groups is 1. The number of amides is 3. The number of aromatic nitrogens is 3. The predicted molar refractivity (Wildman–Crippen MR) is 227 cm³/mol. The molecule has 3 heterocycles. The first kappa shape index (κ1) is 41.9. The Morgan fingerprint density at radius 2 is 1.75 bits per heavy atom. The number of nitrogens with one attached hydrogen (secondary N) is 4. The number of imidazole rings is 1. The molecule has 2 aromatic heterocycles. The van der Waals surface area contributed by atoms with E-state index in [4.69, 9.17) is 0 Å². The lowest BCUT2D eigenvalue weighted by molar-refractivity contribution is -0.135. The van der Waals surface area contributed by atoms with E-state index < -0.39 is 25.3 Å². The number of carbonyl (C=O) groups excluding carboxylic acids is 3. The first-order chi connectivity index (χ1) is 27.3. The number of thiazole rings is 1. The van der Waals surface area contributed by atoms with Crippen LogP contribution in [0.2, 0.25) is 0 Å². The summed E-state index contributed by atoms with van der Waals surface area (Å²) in [4.78, 5) is 54.4. The summed E-state index contributed by atoms with van der Waals surface area (Å²) in [6.45, 7) is 7.00. The third-order valence-electron chi connectivity index (χ3n) is 10.4. The molecule has 3 amide bonds. The van der Waals surface area contributed by atoms with Gasteiger partial charge >= 0.3 is 5.69 Å². The van der Waals surface area contributed by atoms with E-state index in [0.717, 1.165) is 79.5 Å². The van der Waals surface area contributed by atoms with Gasteiger partial charge < -0.3 is 20.3 Å². The molecule has 3 aromatic carbocycles. The van der Waals surface area contributed by atoms with E-state index in [1.54, 1.807) is 37.1 Å². The number of piperidine rings is 1. The van der Waals surface area contributed by atoms with Gasteiger partial charge in [-0.05, 0) is 118 Å². The highest BCUT2D eigenvalue weighted by molar-refractivity contribution is 7.70. The summed E-state index contributed by atoms with van der Waals surface area (Å²) in [5.41, 5.74) is 6.84. The minimum Gasteiger partial charge on any atom is -0.374 e. The first-order valence-electron chi connectivity index (χ1n) is 19.4. The van der Waals surface area contributed by atoms with Gasteiger partial charge in [0.2, 0.25) is 17.7 Å². The van der Waals surface area contributed by atoms with Gasteiger partial charge in [-0.1, -0.05) is 42.8 Å². The summed E-state index contributed by atoms with van der Waals surface area (Å²) in [6.07, 6.45) is 5.49. The second kappa shape index (κ2) is 18.7. The lowest BCUT2D eigenvalue weighted by Gasteiger charge is -2.21. The van der Waals surface area contributed by atoms with E-state index >= 15 is 0 Å². The lowest BCUT2D eigenvalue weighted by atomic mass is 10.0. The van der Waals surface area contributed by atoms with Crippen molar-refractivity contribution in [3.05, 3.63) is 98.8 Å². The number of fused-ring (bicyclic) bond motifs is 1. The quantitative estimate of drug-likeness (QED) is 0.0347. The molecule has 0 spiro atoms. The van der Waals surface area contributed by atoms with E-state index in [9.17, 15) is 28.8 Å². The van der Waals surface area contributed by atoms with Gasteiger partial charge in [-0.3, -0.25) is 34.2 Å². The van der Waals surface area contributed by atoms with Gasteiger partial charge in [-0.15, -0.1) is 11.3 Å². The molecule has 1 aliphatic rings. The van der Waals surface area contributed by atoms with Crippen molar-refractivity contribution >= 4 is 57.7 Å². The van der Waals surface area contributed by atoms with Gasteiger partial charge in [-0.25, -0.2) is 9.78 Å². The average Bonchev–Trinajstić information content (AvgIpc) is 3.74. The van der Waals surface area contributed by atoms with E-state index in [2.05, 4.69) is 38.4 Å². The molecule has 5 aromatic rings. The molecule has 0 radical (unpaired) electrons. The second-order valence-corrected chi connectivity index (χ2v) is 19.2. The van der Waals surface area contributed by atoms with Crippen LogP contribution in [0, 0.1) is 6.92 Å². The molecule has 1 saturated heterocycles. The van der Waals surface area contributed by atoms with Gasteiger partial charge in [0, 0.05) is 29.7 Å². The topological polar surface area (TPSA) is 176 Å². The minimum atomic E-state index is -2.51. The molecule has 2 atom stereocenters. The summed E-state index contributed by atoms with van der Waals surface area (Å²) < 4.78 is 15.7. The average molecular weight is 814 g/mol. The smallest absolute Gasteiger partial charge is 0.329 e. The van der Waals surface area contributed by atoms with Gasteiger partial charge in [0.25, 0.3) is 0 Å². The van der Waals surface area contributed by atoms with Crippen molar-refractivity contribution in [3.63, 3.8) is 0 Å². The van der Waals surface area contributed by atoms with Crippen molar-refractivity contribution in [2.45, 2.75) is 70.6 Å². The zero-order chi connectivity index (χ0) is 40.7. The fourth-order valence-corrected chi connectivity index (χ4v) is 9.41. The van der Waals surface area contributed by atoms with E-state index in [1.807, 2.05) is 48.7 Å². The number of carbonyl (C=O) groups is 3. The molecule has 0 saturated carbocycles. The van der Waals surface area contributed by atoms with Crippen LogP contribution < -0.4 is 32.3 Å². The zero-order valence-electron chi connectivity index (χ0n) is 33.0. The van der Waals surface area contributed by atoms with Crippen LogP contribution in [-0.2, 0) is 38.8 Å². The van der Waals surface area contributed by atoms with Crippen molar-refractivity contribution in [1.29, 1.82) is 0 Å². The van der Waals surface area contributed by atoms with Crippen LogP contribution in [0.5, 0.6) is 0 Å². The maximum Gasteiger partial charge on any atom is 0.329 e. The van der Waals surface area contributed by atoms with E-state index in [1.165, 1.54) is 21.5 Å². The van der Waals surface area contributed by atoms with Crippen molar-refractivity contribution < 1.29 is 24.1 Å².